The third-order valence-corrected chi connectivity index (χ3v) is 3.29. The normalized spacial score (nSPS) is 16.1. The molecule has 1 rings (SSSR count). The van der Waals surface area contributed by atoms with Crippen molar-refractivity contribution in [1.82, 2.24) is 0 Å². The molecule has 0 bridgehead atoms. The van der Waals surface area contributed by atoms with E-state index in [1.54, 1.807) is 0 Å². The Labute approximate surface area is 117 Å². The molecule has 0 saturated carbocycles. The van der Waals surface area contributed by atoms with Crippen LogP contribution in [-0.2, 0) is 9.47 Å². The molecule has 0 spiro atoms. The van der Waals surface area contributed by atoms with E-state index >= 15 is 0 Å². The average Bonchev–Trinajstić information content (AvgIpc) is 2.42. The summed E-state index contributed by atoms with van der Waals surface area (Å²) < 4.78 is 11.5. The second kappa shape index (κ2) is 8.31. The van der Waals surface area contributed by atoms with Gasteiger partial charge in [-0.25, -0.2) is 0 Å². The molecule has 0 fully saturated rings. The molecule has 2 N–H and O–H groups in total. The Morgan fingerprint density at radius 2 is 1.89 bits per heavy atom. The lowest BCUT2D eigenvalue weighted by atomic mass is 9.96. The van der Waals surface area contributed by atoms with E-state index in [4.69, 9.17) is 15.2 Å². The lowest BCUT2D eigenvalue weighted by Crippen LogP contribution is -2.33. The largest absolute Gasteiger partial charge is 0.379 e. The van der Waals surface area contributed by atoms with Crippen LogP contribution in [0.1, 0.15) is 44.4 Å². The topological polar surface area (TPSA) is 44.5 Å². The summed E-state index contributed by atoms with van der Waals surface area (Å²) in [6.45, 7) is 9.53. The number of rotatable bonds is 8. The molecule has 1 aromatic rings. The number of hydrogen-bond donors (Lipinski definition) is 1. The smallest absolute Gasteiger partial charge is 0.0982 e. The second-order valence-corrected chi connectivity index (χ2v) is 4.96. The van der Waals surface area contributed by atoms with Crippen LogP contribution in [0.25, 0.3) is 0 Å². The fourth-order valence-corrected chi connectivity index (χ4v) is 2.10. The van der Waals surface area contributed by atoms with Crippen molar-refractivity contribution in [2.24, 2.45) is 5.73 Å². The molecule has 0 aliphatic carbocycles. The van der Waals surface area contributed by atoms with E-state index in [1.165, 1.54) is 11.1 Å². The third-order valence-electron chi connectivity index (χ3n) is 3.29. The highest BCUT2D eigenvalue weighted by Gasteiger charge is 2.23. The zero-order valence-corrected chi connectivity index (χ0v) is 12.6. The first kappa shape index (κ1) is 16.2. The van der Waals surface area contributed by atoms with Gasteiger partial charge in [0.1, 0.15) is 0 Å². The number of hydrogen-bond acceptors (Lipinski definition) is 3. The summed E-state index contributed by atoms with van der Waals surface area (Å²) in [5.74, 6) is 0. The van der Waals surface area contributed by atoms with Gasteiger partial charge in [0.05, 0.1) is 18.8 Å². The molecule has 108 valence electrons. The van der Waals surface area contributed by atoms with E-state index in [1.807, 2.05) is 26.0 Å². The third kappa shape index (κ3) is 4.94. The number of aryl methyl sites for hydroxylation is 1. The zero-order valence-electron chi connectivity index (χ0n) is 12.6. The average molecular weight is 265 g/mol. The van der Waals surface area contributed by atoms with Crippen LogP contribution in [0.3, 0.4) is 0 Å². The van der Waals surface area contributed by atoms with Gasteiger partial charge < -0.3 is 15.2 Å². The minimum atomic E-state index is -0.0679. The quantitative estimate of drug-likeness (QED) is 0.785. The van der Waals surface area contributed by atoms with Crippen LogP contribution in [0, 0.1) is 6.92 Å². The molecular weight excluding hydrogens is 238 g/mol. The van der Waals surface area contributed by atoms with Gasteiger partial charge in [0.2, 0.25) is 0 Å². The predicted molar refractivity (Wildman–Crippen MR) is 79.2 cm³/mol. The second-order valence-electron chi connectivity index (χ2n) is 4.96. The van der Waals surface area contributed by atoms with Crippen molar-refractivity contribution in [3.05, 3.63) is 35.4 Å². The zero-order chi connectivity index (χ0) is 14.3. The Morgan fingerprint density at radius 1 is 1.21 bits per heavy atom. The lowest BCUT2D eigenvalue weighted by molar-refractivity contribution is -0.0576. The minimum Gasteiger partial charge on any atom is -0.379 e. The SMILES string of the molecule is CCOCC(C)OC(c1ccccc1C)C(N)CC. The van der Waals surface area contributed by atoms with Crippen molar-refractivity contribution in [3.8, 4) is 0 Å². The summed E-state index contributed by atoms with van der Waals surface area (Å²) in [6, 6.07) is 8.28. The van der Waals surface area contributed by atoms with Gasteiger partial charge in [-0.15, -0.1) is 0 Å². The maximum Gasteiger partial charge on any atom is 0.0982 e. The maximum absolute atomic E-state index is 6.23. The summed E-state index contributed by atoms with van der Waals surface area (Å²) >= 11 is 0. The molecule has 19 heavy (non-hydrogen) atoms. The molecule has 0 aromatic heterocycles. The van der Waals surface area contributed by atoms with Gasteiger partial charge in [-0.1, -0.05) is 31.2 Å². The number of ether oxygens (including phenoxy) is 2. The molecule has 0 radical (unpaired) electrons. The van der Waals surface area contributed by atoms with E-state index in [0.29, 0.717) is 13.2 Å². The van der Waals surface area contributed by atoms with Gasteiger partial charge in [0.25, 0.3) is 0 Å². The first-order chi connectivity index (χ1) is 9.10. The minimum absolute atomic E-state index is 0.00479. The molecule has 3 atom stereocenters. The van der Waals surface area contributed by atoms with Gasteiger partial charge in [-0.05, 0) is 38.3 Å². The standard InChI is InChI=1S/C16H27NO2/c1-5-15(17)16(19-13(4)11-18-6-2)14-10-8-7-9-12(14)3/h7-10,13,15-16H,5-6,11,17H2,1-4H3. The van der Waals surface area contributed by atoms with Crippen LogP contribution in [-0.4, -0.2) is 25.4 Å². The molecule has 0 saturated heterocycles. The van der Waals surface area contributed by atoms with Crippen LogP contribution < -0.4 is 5.73 Å². The molecule has 3 heteroatoms. The molecule has 3 nitrogen and oxygen atoms in total. The van der Waals surface area contributed by atoms with Crippen molar-refractivity contribution in [3.63, 3.8) is 0 Å². The number of nitrogens with two attached hydrogens (primary N) is 1. The van der Waals surface area contributed by atoms with E-state index < -0.39 is 0 Å². The molecular formula is C16H27NO2. The van der Waals surface area contributed by atoms with E-state index in [9.17, 15) is 0 Å². The van der Waals surface area contributed by atoms with E-state index in [0.717, 1.165) is 6.42 Å². The van der Waals surface area contributed by atoms with Gasteiger partial charge in [-0.2, -0.15) is 0 Å². The van der Waals surface area contributed by atoms with Gasteiger partial charge in [0, 0.05) is 12.6 Å². The van der Waals surface area contributed by atoms with Crippen molar-refractivity contribution in [1.29, 1.82) is 0 Å². The van der Waals surface area contributed by atoms with Crippen molar-refractivity contribution in [2.75, 3.05) is 13.2 Å². The monoisotopic (exact) mass is 265 g/mol. The lowest BCUT2D eigenvalue weighted by Gasteiger charge is -2.28. The first-order valence-corrected chi connectivity index (χ1v) is 7.14. The van der Waals surface area contributed by atoms with Crippen molar-refractivity contribution >= 4 is 0 Å². The van der Waals surface area contributed by atoms with Gasteiger partial charge in [0.15, 0.2) is 0 Å². The molecule has 0 heterocycles. The van der Waals surface area contributed by atoms with E-state index in [2.05, 4.69) is 26.0 Å². The van der Waals surface area contributed by atoms with Crippen molar-refractivity contribution in [2.45, 2.75) is 52.4 Å². The van der Waals surface area contributed by atoms with E-state index in [-0.39, 0.29) is 18.2 Å². The van der Waals surface area contributed by atoms with Gasteiger partial charge >= 0.3 is 0 Å². The maximum atomic E-state index is 6.23. The van der Waals surface area contributed by atoms with Crippen LogP contribution in [0.5, 0.6) is 0 Å². The molecule has 0 aliphatic heterocycles. The van der Waals surface area contributed by atoms with Crippen LogP contribution in [0.15, 0.2) is 24.3 Å². The Morgan fingerprint density at radius 3 is 2.47 bits per heavy atom. The number of benzene rings is 1. The Hall–Kier alpha value is -0.900. The van der Waals surface area contributed by atoms with Crippen LogP contribution >= 0.6 is 0 Å². The molecule has 0 amide bonds. The van der Waals surface area contributed by atoms with Crippen LogP contribution in [0.2, 0.25) is 0 Å². The Bertz CT molecular complexity index is 368. The summed E-state index contributed by atoms with van der Waals surface area (Å²) in [5.41, 5.74) is 8.63. The Kier molecular flexibility index (Phi) is 7.06. The predicted octanol–water partition coefficient (Wildman–Crippen LogP) is 3.22. The fraction of sp³-hybridized carbons (Fsp3) is 0.625. The molecule has 0 aliphatic rings. The summed E-state index contributed by atoms with van der Waals surface area (Å²) in [6.07, 6.45) is 0.865. The highest BCUT2D eigenvalue weighted by molar-refractivity contribution is 5.28. The first-order valence-electron chi connectivity index (χ1n) is 7.14. The van der Waals surface area contributed by atoms with Gasteiger partial charge in [-0.3, -0.25) is 0 Å². The fourth-order valence-electron chi connectivity index (χ4n) is 2.10. The van der Waals surface area contributed by atoms with Crippen LogP contribution in [0.4, 0.5) is 0 Å². The molecule has 1 aromatic carbocycles. The Balaban J connectivity index is 2.81. The highest BCUT2D eigenvalue weighted by Crippen LogP contribution is 2.26. The highest BCUT2D eigenvalue weighted by atomic mass is 16.5. The van der Waals surface area contributed by atoms with Crippen molar-refractivity contribution < 1.29 is 9.47 Å². The summed E-state index contributed by atoms with van der Waals surface area (Å²) in [7, 11) is 0. The molecule has 3 unspecified atom stereocenters. The summed E-state index contributed by atoms with van der Waals surface area (Å²) in [4.78, 5) is 0. The summed E-state index contributed by atoms with van der Waals surface area (Å²) in [5, 5.41) is 0.